The maximum Gasteiger partial charge on any atom is 0.349 e. The standard InChI is InChI=1S/C15H11BrN2O3S/c1-9-6-7-22-13(9)15(19)20-8-12-17-18-14(21-12)10-4-2-3-5-11(10)16/h2-7H,8H2,1H3. The summed E-state index contributed by atoms with van der Waals surface area (Å²) in [7, 11) is 0. The number of esters is 1. The largest absolute Gasteiger partial charge is 0.451 e. The maximum absolute atomic E-state index is 11.9. The summed E-state index contributed by atoms with van der Waals surface area (Å²) in [6, 6.07) is 9.40. The highest BCUT2D eigenvalue weighted by Crippen LogP contribution is 2.26. The fourth-order valence-corrected chi connectivity index (χ4v) is 3.10. The lowest BCUT2D eigenvalue weighted by molar-refractivity contribution is 0.0444. The van der Waals surface area contributed by atoms with E-state index in [0.29, 0.717) is 10.8 Å². The van der Waals surface area contributed by atoms with Gasteiger partial charge in [-0.15, -0.1) is 21.5 Å². The first-order valence-corrected chi connectivity index (χ1v) is 8.11. The molecular formula is C15H11BrN2O3S. The van der Waals surface area contributed by atoms with Crippen molar-refractivity contribution in [1.29, 1.82) is 0 Å². The smallest absolute Gasteiger partial charge is 0.349 e. The van der Waals surface area contributed by atoms with Crippen molar-refractivity contribution < 1.29 is 13.9 Å². The fourth-order valence-electron chi connectivity index (χ4n) is 1.83. The van der Waals surface area contributed by atoms with Gasteiger partial charge in [0.1, 0.15) is 4.88 Å². The molecular weight excluding hydrogens is 368 g/mol. The van der Waals surface area contributed by atoms with Crippen LogP contribution in [0.3, 0.4) is 0 Å². The topological polar surface area (TPSA) is 65.2 Å². The zero-order chi connectivity index (χ0) is 15.5. The van der Waals surface area contributed by atoms with Crippen molar-refractivity contribution in [3.63, 3.8) is 0 Å². The van der Waals surface area contributed by atoms with Crippen LogP contribution < -0.4 is 0 Å². The summed E-state index contributed by atoms with van der Waals surface area (Å²) < 4.78 is 11.6. The van der Waals surface area contributed by atoms with Gasteiger partial charge >= 0.3 is 5.97 Å². The molecule has 0 fully saturated rings. The van der Waals surface area contributed by atoms with Crippen LogP contribution in [0.1, 0.15) is 21.1 Å². The molecule has 0 aliphatic rings. The van der Waals surface area contributed by atoms with Crippen molar-refractivity contribution >= 4 is 33.2 Å². The van der Waals surface area contributed by atoms with Gasteiger partial charge in [0.05, 0.1) is 5.56 Å². The van der Waals surface area contributed by atoms with E-state index in [1.165, 1.54) is 11.3 Å². The van der Waals surface area contributed by atoms with Gasteiger partial charge in [0.25, 0.3) is 5.89 Å². The Morgan fingerprint density at radius 2 is 2.14 bits per heavy atom. The molecule has 0 amide bonds. The normalized spacial score (nSPS) is 10.6. The average molecular weight is 379 g/mol. The first-order valence-electron chi connectivity index (χ1n) is 6.43. The second-order valence-corrected chi connectivity index (χ2v) is 6.26. The van der Waals surface area contributed by atoms with E-state index in [-0.39, 0.29) is 18.5 Å². The van der Waals surface area contributed by atoms with E-state index in [1.807, 2.05) is 42.6 Å². The predicted octanol–water partition coefficient (Wildman–Crippen LogP) is 4.23. The van der Waals surface area contributed by atoms with Crippen LogP contribution in [0.4, 0.5) is 0 Å². The molecule has 0 bridgehead atoms. The van der Waals surface area contributed by atoms with Crippen LogP contribution in [0.2, 0.25) is 0 Å². The van der Waals surface area contributed by atoms with Crippen LogP contribution in [-0.4, -0.2) is 16.2 Å². The Bertz CT molecular complexity index is 812. The number of hydrogen-bond acceptors (Lipinski definition) is 6. The van der Waals surface area contributed by atoms with Gasteiger partial charge in [0.15, 0.2) is 6.61 Å². The molecule has 0 radical (unpaired) electrons. The number of hydrogen-bond donors (Lipinski definition) is 0. The first-order chi connectivity index (χ1) is 10.6. The number of thiophene rings is 1. The molecule has 3 rings (SSSR count). The number of nitrogens with zero attached hydrogens (tertiary/aromatic N) is 2. The van der Waals surface area contributed by atoms with Crippen molar-refractivity contribution in [3.8, 4) is 11.5 Å². The van der Waals surface area contributed by atoms with Gasteiger partial charge in [0, 0.05) is 4.47 Å². The number of ether oxygens (including phenoxy) is 1. The summed E-state index contributed by atoms with van der Waals surface area (Å²) in [4.78, 5) is 12.5. The molecule has 0 saturated heterocycles. The van der Waals surface area contributed by atoms with Crippen molar-refractivity contribution in [3.05, 3.63) is 56.5 Å². The number of halogens is 1. The third kappa shape index (κ3) is 3.10. The number of rotatable bonds is 4. The van der Waals surface area contributed by atoms with Gasteiger partial charge in [-0.2, -0.15) is 0 Å². The van der Waals surface area contributed by atoms with Crippen LogP contribution in [0.5, 0.6) is 0 Å². The lowest BCUT2D eigenvalue weighted by atomic mass is 10.2. The Kier molecular flexibility index (Phi) is 4.35. The highest BCUT2D eigenvalue weighted by molar-refractivity contribution is 9.10. The van der Waals surface area contributed by atoms with Gasteiger partial charge in [-0.05, 0) is 52.0 Å². The molecule has 22 heavy (non-hydrogen) atoms. The molecule has 3 aromatic rings. The Balaban J connectivity index is 1.69. The highest BCUT2D eigenvalue weighted by atomic mass is 79.9. The van der Waals surface area contributed by atoms with Crippen LogP contribution in [0, 0.1) is 6.92 Å². The van der Waals surface area contributed by atoms with Crippen LogP contribution in [-0.2, 0) is 11.3 Å². The number of carbonyl (C=O) groups excluding carboxylic acids is 1. The monoisotopic (exact) mass is 378 g/mol. The first kappa shape index (κ1) is 14.9. The van der Waals surface area contributed by atoms with E-state index in [4.69, 9.17) is 9.15 Å². The molecule has 7 heteroatoms. The van der Waals surface area contributed by atoms with Crippen LogP contribution in [0.25, 0.3) is 11.5 Å². The summed E-state index contributed by atoms with van der Waals surface area (Å²) in [6.45, 7) is 1.82. The molecule has 5 nitrogen and oxygen atoms in total. The molecule has 2 heterocycles. The van der Waals surface area contributed by atoms with Gasteiger partial charge in [-0.1, -0.05) is 12.1 Å². The lowest BCUT2D eigenvalue weighted by Crippen LogP contribution is -2.04. The van der Waals surface area contributed by atoms with Crippen LogP contribution in [0.15, 0.2) is 44.6 Å². The molecule has 0 aliphatic carbocycles. The minimum atomic E-state index is -0.381. The minimum Gasteiger partial charge on any atom is -0.451 e. The van der Waals surface area contributed by atoms with E-state index in [2.05, 4.69) is 26.1 Å². The maximum atomic E-state index is 11.9. The van der Waals surface area contributed by atoms with Gasteiger partial charge in [-0.25, -0.2) is 4.79 Å². The van der Waals surface area contributed by atoms with Crippen LogP contribution >= 0.6 is 27.3 Å². The number of aryl methyl sites for hydroxylation is 1. The van der Waals surface area contributed by atoms with Crippen molar-refractivity contribution in [2.45, 2.75) is 13.5 Å². The molecule has 0 unspecified atom stereocenters. The quantitative estimate of drug-likeness (QED) is 0.635. The van der Waals surface area contributed by atoms with Crippen molar-refractivity contribution in [2.24, 2.45) is 0 Å². The molecule has 112 valence electrons. The predicted molar refractivity (Wildman–Crippen MR) is 85.6 cm³/mol. The van der Waals surface area contributed by atoms with Gasteiger partial charge < -0.3 is 9.15 Å². The number of benzene rings is 1. The Morgan fingerprint density at radius 3 is 2.86 bits per heavy atom. The van der Waals surface area contributed by atoms with Gasteiger partial charge in [-0.3, -0.25) is 0 Å². The molecule has 0 aliphatic heterocycles. The Hall–Kier alpha value is -1.99. The SMILES string of the molecule is Cc1ccsc1C(=O)OCc1nnc(-c2ccccc2Br)o1. The number of aromatic nitrogens is 2. The fraction of sp³-hybridized carbons (Fsp3) is 0.133. The zero-order valence-electron chi connectivity index (χ0n) is 11.6. The third-order valence-electron chi connectivity index (χ3n) is 2.95. The Morgan fingerprint density at radius 1 is 1.32 bits per heavy atom. The minimum absolute atomic E-state index is 0.0480. The number of carbonyl (C=O) groups is 1. The van der Waals surface area contributed by atoms with E-state index < -0.39 is 0 Å². The second-order valence-electron chi connectivity index (χ2n) is 4.49. The summed E-state index contributed by atoms with van der Waals surface area (Å²) in [6.07, 6.45) is 0. The molecule has 2 aromatic heterocycles. The van der Waals surface area contributed by atoms with Crippen molar-refractivity contribution in [1.82, 2.24) is 10.2 Å². The summed E-state index contributed by atoms with van der Waals surface area (Å²) in [5.41, 5.74) is 1.69. The molecule has 0 N–H and O–H groups in total. The molecule has 0 saturated carbocycles. The van der Waals surface area contributed by atoms with E-state index >= 15 is 0 Å². The molecule has 0 spiro atoms. The zero-order valence-corrected chi connectivity index (χ0v) is 14.0. The molecule has 0 atom stereocenters. The Labute approximate surface area is 139 Å². The van der Waals surface area contributed by atoms with E-state index in [9.17, 15) is 4.79 Å². The third-order valence-corrected chi connectivity index (χ3v) is 4.63. The second kappa shape index (κ2) is 6.41. The van der Waals surface area contributed by atoms with E-state index in [0.717, 1.165) is 15.6 Å². The molecule has 1 aromatic carbocycles. The van der Waals surface area contributed by atoms with E-state index in [1.54, 1.807) is 0 Å². The summed E-state index contributed by atoms with van der Waals surface area (Å²) in [5, 5.41) is 9.72. The van der Waals surface area contributed by atoms with Crippen molar-refractivity contribution in [2.75, 3.05) is 0 Å². The highest BCUT2D eigenvalue weighted by Gasteiger charge is 2.15. The average Bonchev–Trinajstić information content (AvgIpc) is 3.14. The summed E-state index contributed by atoms with van der Waals surface area (Å²) >= 11 is 4.78. The lowest BCUT2D eigenvalue weighted by Gasteiger charge is -2.00. The van der Waals surface area contributed by atoms with Gasteiger partial charge in [0.2, 0.25) is 5.89 Å². The summed E-state index contributed by atoms with van der Waals surface area (Å²) in [5.74, 6) is 0.257.